The second kappa shape index (κ2) is 8.01. The maximum atomic E-state index is 10.7. The average molecular weight is 188 g/mol. The highest BCUT2D eigenvalue weighted by molar-refractivity contribution is 5.69. The van der Waals surface area contributed by atoms with Gasteiger partial charge in [0, 0.05) is 12.6 Å². The van der Waals surface area contributed by atoms with Gasteiger partial charge in [-0.05, 0) is 19.4 Å². The number of hydrogen-bond donors (Lipinski definition) is 2. The molecule has 13 heavy (non-hydrogen) atoms. The zero-order valence-electron chi connectivity index (χ0n) is 8.51. The van der Waals surface area contributed by atoms with E-state index in [-0.39, 0.29) is 12.0 Å². The smallest absolute Gasteiger partial charge is 0.306 e. The van der Waals surface area contributed by atoms with Crippen LogP contribution in [0.15, 0.2) is 0 Å². The van der Waals surface area contributed by atoms with Crippen LogP contribution in [0.5, 0.6) is 0 Å². The number of carbonyl (C=O) groups is 1. The van der Waals surface area contributed by atoms with Gasteiger partial charge in [-0.15, -0.1) is 0 Å². The van der Waals surface area contributed by atoms with Gasteiger partial charge < -0.3 is 15.8 Å². The van der Waals surface area contributed by atoms with Crippen molar-refractivity contribution in [3.63, 3.8) is 0 Å². The number of methoxy groups -OCH3 is 1. The van der Waals surface area contributed by atoms with Crippen LogP contribution < -0.4 is 11.1 Å². The van der Waals surface area contributed by atoms with Crippen LogP contribution in [-0.4, -0.2) is 32.2 Å². The van der Waals surface area contributed by atoms with E-state index in [2.05, 4.69) is 17.0 Å². The molecule has 0 aromatic carbocycles. The number of carbonyl (C=O) groups excluding carboxylic acids is 1. The summed E-state index contributed by atoms with van der Waals surface area (Å²) < 4.78 is 4.50. The number of rotatable bonds is 7. The molecule has 1 unspecified atom stereocenters. The number of nitrogens with two attached hydrogens (primary N) is 1. The van der Waals surface area contributed by atoms with Crippen molar-refractivity contribution >= 4 is 5.97 Å². The third-order valence-corrected chi connectivity index (χ3v) is 1.95. The molecule has 0 amide bonds. The van der Waals surface area contributed by atoms with Gasteiger partial charge in [0.25, 0.3) is 0 Å². The Balaban J connectivity index is 3.12. The van der Waals surface area contributed by atoms with E-state index in [1.807, 2.05) is 0 Å². The summed E-state index contributed by atoms with van der Waals surface area (Å²) in [4.78, 5) is 10.7. The number of ether oxygens (including phenoxy) is 1. The van der Waals surface area contributed by atoms with Crippen molar-refractivity contribution in [1.29, 1.82) is 0 Å². The third-order valence-electron chi connectivity index (χ3n) is 1.95. The first-order valence-electron chi connectivity index (χ1n) is 4.73. The van der Waals surface area contributed by atoms with E-state index in [0.29, 0.717) is 13.0 Å². The molecule has 78 valence electrons. The molecule has 0 radical (unpaired) electrons. The monoisotopic (exact) mass is 188 g/mol. The predicted molar refractivity (Wildman–Crippen MR) is 52.4 cm³/mol. The van der Waals surface area contributed by atoms with Gasteiger partial charge in [0.05, 0.1) is 13.5 Å². The van der Waals surface area contributed by atoms with Crippen molar-refractivity contribution in [2.75, 3.05) is 20.2 Å². The first-order chi connectivity index (χ1) is 6.20. The minimum atomic E-state index is -0.174. The standard InChI is InChI=1S/C9H20N2O2/c1-3-8(10)4-6-11-7-5-9(12)13-2/h8,11H,3-7,10H2,1-2H3. The van der Waals surface area contributed by atoms with Crippen molar-refractivity contribution in [3.05, 3.63) is 0 Å². The first kappa shape index (κ1) is 12.4. The Morgan fingerprint density at radius 2 is 2.23 bits per heavy atom. The van der Waals surface area contributed by atoms with Gasteiger partial charge in [-0.25, -0.2) is 0 Å². The molecule has 0 fully saturated rings. The van der Waals surface area contributed by atoms with Gasteiger partial charge in [0.1, 0.15) is 0 Å². The van der Waals surface area contributed by atoms with E-state index in [4.69, 9.17) is 5.73 Å². The van der Waals surface area contributed by atoms with E-state index in [0.717, 1.165) is 19.4 Å². The molecule has 0 rings (SSSR count). The van der Waals surface area contributed by atoms with Crippen LogP contribution in [0.25, 0.3) is 0 Å². The minimum absolute atomic E-state index is 0.174. The zero-order valence-corrected chi connectivity index (χ0v) is 8.51. The SMILES string of the molecule is CCC(N)CCNCCC(=O)OC. The summed E-state index contributed by atoms with van der Waals surface area (Å²) in [6, 6.07) is 0.269. The third kappa shape index (κ3) is 7.74. The van der Waals surface area contributed by atoms with Gasteiger partial charge in [0.15, 0.2) is 0 Å². The highest BCUT2D eigenvalue weighted by Gasteiger charge is 2.00. The number of nitrogens with one attached hydrogen (secondary N) is 1. The van der Waals surface area contributed by atoms with Crippen molar-refractivity contribution in [2.24, 2.45) is 5.73 Å². The van der Waals surface area contributed by atoms with Crippen molar-refractivity contribution < 1.29 is 9.53 Å². The van der Waals surface area contributed by atoms with Crippen LogP contribution in [0.4, 0.5) is 0 Å². The summed E-state index contributed by atoms with van der Waals surface area (Å²) in [6.45, 7) is 3.61. The average Bonchev–Trinajstić information content (AvgIpc) is 2.16. The van der Waals surface area contributed by atoms with E-state index < -0.39 is 0 Å². The Labute approximate surface area is 79.8 Å². The molecule has 0 spiro atoms. The molecule has 0 aromatic rings. The number of esters is 1. The van der Waals surface area contributed by atoms with Crippen LogP contribution in [0.1, 0.15) is 26.2 Å². The molecule has 0 heterocycles. The second-order valence-electron chi connectivity index (χ2n) is 3.03. The molecule has 0 aliphatic rings. The number of hydrogen-bond acceptors (Lipinski definition) is 4. The summed E-state index contributed by atoms with van der Waals surface area (Å²) in [5.41, 5.74) is 5.71. The van der Waals surface area contributed by atoms with Crippen molar-refractivity contribution in [1.82, 2.24) is 5.32 Å². The lowest BCUT2D eigenvalue weighted by Crippen LogP contribution is -2.27. The predicted octanol–water partition coefficient (Wildman–Crippen LogP) is 0.267. The summed E-state index contributed by atoms with van der Waals surface area (Å²) in [5, 5.41) is 3.14. The minimum Gasteiger partial charge on any atom is -0.469 e. The Kier molecular flexibility index (Phi) is 7.63. The molecule has 0 saturated carbocycles. The van der Waals surface area contributed by atoms with Crippen LogP contribution >= 0.6 is 0 Å². The maximum Gasteiger partial charge on any atom is 0.306 e. The van der Waals surface area contributed by atoms with Crippen LogP contribution in [-0.2, 0) is 9.53 Å². The molecule has 0 aliphatic heterocycles. The quantitative estimate of drug-likeness (QED) is 0.444. The summed E-state index contributed by atoms with van der Waals surface area (Å²) in [5.74, 6) is -0.174. The molecule has 0 aliphatic carbocycles. The fraction of sp³-hybridized carbons (Fsp3) is 0.889. The molecule has 0 saturated heterocycles. The molecule has 0 aromatic heterocycles. The van der Waals surface area contributed by atoms with E-state index in [1.165, 1.54) is 7.11 Å². The largest absolute Gasteiger partial charge is 0.469 e. The normalized spacial score (nSPS) is 12.5. The highest BCUT2D eigenvalue weighted by atomic mass is 16.5. The fourth-order valence-electron chi connectivity index (χ4n) is 0.909. The molecular weight excluding hydrogens is 168 g/mol. The Bertz CT molecular complexity index is 140. The van der Waals surface area contributed by atoms with Gasteiger partial charge >= 0.3 is 5.97 Å². The fourth-order valence-corrected chi connectivity index (χ4v) is 0.909. The summed E-state index contributed by atoms with van der Waals surface area (Å²) >= 11 is 0. The Morgan fingerprint density at radius 3 is 2.77 bits per heavy atom. The zero-order chi connectivity index (χ0) is 10.1. The van der Waals surface area contributed by atoms with Gasteiger partial charge in [-0.3, -0.25) is 4.79 Å². The maximum absolute atomic E-state index is 10.7. The molecule has 0 bridgehead atoms. The lowest BCUT2D eigenvalue weighted by molar-refractivity contribution is -0.140. The molecule has 3 N–H and O–H groups in total. The molecule has 1 atom stereocenters. The Hall–Kier alpha value is -0.610. The molecular formula is C9H20N2O2. The van der Waals surface area contributed by atoms with Crippen LogP contribution in [0.2, 0.25) is 0 Å². The second-order valence-corrected chi connectivity index (χ2v) is 3.03. The van der Waals surface area contributed by atoms with Crippen molar-refractivity contribution in [3.8, 4) is 0 Å². The summed E-state index contributed by atoms with van der Waals surface area (Å²) in [6.07, 6.45) is 2.38. The lowest BCUT2D eigenvalue weighted by atomic mass is 10.2. The van der Waals surface area contributed by atoms with Gasteiger partial charge in [-0.1, -0.05) is 6.92 Å². The Morgan fingerprint density at radius 1 is 1.54 bits per heavy atom. The van der Waals surface area contributed by atoms with Crippen molar-refractivity contribution in [2.45, 2.75) is 32.2 Å². The highest BCUT2D eigenvalue weighted by Crippen LogP contribution is 1.91. The van der Waals surface area contributed by atoms with Crippen LogP contribution in [0, 0.1) is 0 Å². The first-order valence-corrected chi connectivity index (χ1v) is 4.73. The summed E-state index contributed by atoms with van der Waals surface area (Å²) in [7, 11) is 1.40. The van der Waals surface area contributed by atoms with Gasteiger partial charge in [0.2, 0.25) is 0 Å². The topological polar surface area (TPSA) is 64.3 Å². The molecule has 4 heteroatoms. The van der Waals surface area contributed by atoms with E-state index in [1.54, 1.807) is 0 Å². The molecule has 4 nitrogen and oxygen atoms in total. The van der Waals surface area contributed by atoms with E-state index in [9.17, 15) is 4.79 Å². The van der Waals surface area contributed by atoms with E-state index >= 15 is 0 Å². The van der Waals surface area contributed by atoms with Crippen LogP contribution in [0.3, 0.4) is 0 Å². The van der Waals surface area contributed by atoms with Gasteiger partial charge in [-0.2, -0.15) is 0 Å². The lowest BCUT2D eigenvalue weighted by Gasteiger charge is -2.08.